The van der Waals surface area contributed by atoms with Crippen LogP contribution in [-0.2, 0) is 9.53 Å². The molecule has 2 rings (SSSR count). The zero-order valence-electron chi connectivity index (χ0n) is 12.9. The largest absolute Gasteiger partial charge is 0.376 e. The van der Waals surface area contributed by atoms with Crippen LogP contribution >= 0.6 is 0 Å². The van der Waals surface area contributed by atoms with Crippen LogP contribution in [-0.4, -0.2) is 43.2 Å². The van der Waals surface area contributed by atoms with Gasteiger partial charge in [-0.15, -0.1) is 0 Å². The van der Waals surface area contributed by atoms with Gasteiger partial charge in [0.2, 0.25) is 5.91 Å². The molecule has 2 fully saturated rings. The molecule has 0 aromatic heterocycles. The highest BCUT2D eigenvalue weighted by Gasteiger charge is 2.22. The summed E-state index contributed by atoms with van der Waals surface area (Å²) in [5.74, 6) is 0.979. The van der Waals surface area contributed by atoms with Gasteiger partial charge in [-0.1, -0.05) is 0 Å². The lowest BCUT2D eigenvalue weighted by atomic mass is 9.84. The molecule has 1 aliphatic heterocycles. The van der Waals surface area contributed by atoms with Gasteiger partial charge < -0.3 is 15.4 Å². The summed E-state index contributed by atoms with van der Waals surface area (Å²) in [6, 6.07) is 0.396. The Bertz CT molecular complexity index is 295. The third-order valence-electron chi connectivity index (χ3n) is 4.84. The molecule has 1 saturated heterocycles. The quantitative estimate of drug-likeness (QED) is 0.842. The highest BCUT2D eigenvalue weighted by molar-refractivity contribution is 5.75. The molecule has 1 amide bonds. The lowest BCUT2D eigenvalue weighted by Gasteiger charge is -2.29. The molecule has 0 spiro atoms. The van der Waals surface area contributed by atoms with Crippen molar-refractivity contribution in [2.75, 3.05) is 20.2 Å². The van der Waals surface area contributed by atoms with Gasteiger partial charge >= 0.3 is 0 Å². The first-order valence-corrected chi connectivity index (χ1v) is 8.26. The van der Waals surface area contributed by atoms with Crippen LogP contribution in [0, 0.1) is 5.92 Å². The third kappa shape index (κ3) is 5.06. The summed E-state index contributed by atoms with van der Waals surface area (Å²) < 4.78 is 5.70. The van der Waals surface area contributed by atoms with E-state index in [9.17, 15) is 4.79 Å². The number of hydrogen-bond acceptors (Lipinski definition) is 3. The fraction of sp³-hybridized carbons (Fsp3) is 0.938. The zero-order chi connectivity index (χ0) is 14.4. The SMILES string of the molecule is CN(CC1CCCCO1)C(=O)CCC1CCC(N)CC1. The summed E-state index contributed by atoms with van der Waals surface area (Å²) in [5, 5.41) is 0. The summed E-state index contributed by atoms with van der Waals surface area (Å²) in [6.45, 7) is 1.61. The van der Waals surface area contributed by atoms with E-state index in [1.807, 2.05) is 11.9 Å². The van der Waals surface area contributed by atoms with E-state index in [-0.39, 0.29) is 12.0 Å². The lowest BCUT2D eigenvalue weighted by Crippen LogP contribution is -2.37. The summed E-state index contributed by atoms with van der Waals surface area (Å²) in [7, 11) is 1.91. The second-order valence-electron chi connectivity index (χ2n) is 6.58. The molecule has 0 aromatic rings. The highest BCUT2D eigenvalue weighted by Crippen LogP contribution is 2.27. The Morgan fingerprint density at radius 3 is 2.60 bits per heavy atom. The minimum absolute atomic E-state index is 0.255. The molecule has 20 heavy (non-hydrogen) atoms. The molecule has 0 aromatic carbocycles. The first-order chi connectivity index (χ1) is 9.65. The van der Waals surface area contributed by atoms with E-state index in [0.717, 1.165) is 45.3 Å². The lowest BCUT2D eigenvalue weighted by molar-refractivity contribution is -0.132. The number of rotatable bonds is 5. The van der Waals surface area contributed by atoms with Crippen LogP contribution in [0.25, 0.3) is 0 Å². The average molecular weight is 282 g/mol. The average Bonchev–Trinajstić information content (AvgIpc) is 2.47. The number of likely N-dealkylation sites (N-methyl/N-ethyl adjacent to an activating group) is 1. The standard InChI is InChI=1S/C16H30N2O2/c1-18(12-15-4-2-3-11-20-15)16(19)10-7-13-5-8-14(17)9-6-13/h13-15H,2-12,17H2,1H3. The molecule has 116 valence electrons. The van der Waals surface area contributed by atoms with Gasteiger partial charge in [-0.05, 0) is 57.3 Å². The molecular formula is C16H30N2O2. The number of nitrogens with two attached hydrogens (primary N) is 1. The molecule has 0 radical (unpaired) electrons. The first kappa shape index (κ1) is 15.8. The van der Waals surface area contributed by atoms with Crippen LogP contribution in [0.5, 0.6) is 0 Å². The van der Waals surface area contributed by atoms with Crippen molar-refractivity contribution >= 4 is 5.91 Å². The molecule has 1 atom stereocenters. The van der Waals surface area contributed by atoms with E-state index in [4.69, 9.17) is 10.5 Å². The smallest absolute Gasteiger partial charge is 0.222 e. The van der Waals surface area contributed by atoms with Crippen molar-refractivity contribution < 1.29 is 9.53 Å². The topological polar surface area (TPSA) is 55.6 Å². The first-order valence-electron chi connectivity index (χ1n) is 8.26. The minimum atomic E-state index is 0.255. The Balaban J connectivity index is 1.63. The monoisotopic (exact) mass is 282 g/mol. The van der Waals surface area contributed by atoms with Crippen LogP contribution in [0.3, 0.4) is 0 Å². The zero-order valence-corrected chi connectivity index (χ0v) is 12.9. The molecule has 4 heteroatoms. The van der Waals surface area contributed by atoms with Gasteiger partial charge in [0.25, 0.3) is 0 Å². The second-order valence-corrected chi connectivity index (χ2v) is 6.58. The van der Waals surface area contributed by atoms with Gasteiger partial charge in [0.05, 0.1) is 6.10 Å². The minimum Gasteiger partial charge on any atom is -0.376 e. The normalized spacial score (nSPS) is 31.0. The second kappa shape index (κ2) is 7.99. The number of hydrogen-bond donors (Lipinski definition) is 1. The van der Waals surface area contributed by atoms with Gasteiger partial charge in [-0.3, -0.25) is 4.79 Å². The number of carbonyl (C=O) groups excluding carboxylic acids is 1. The van der Waals surface area contributed by atoms with E-state index in [1.54, 1.807) is 0 Å². The van der Waals surface area contributed by atoms with E-state index >= 15 is 0 Å². The molecule has 1 aliphatic carbocycles. The highest BCUT2D eigenvalue weighted by atomic mass is 16.5. The molecule has 1 unspecified atom stereocenters. The van der Waals surface area contributed by atoms with Crippen LogP contribution < -0.4 is 5.73 Å². The molecule has 1 saturated carbocycles. The summed E-state index contributed by atoms with van der Waals surface area (Å²) in [6.07, 6.45) is 10.1. The van der Waals surface area contributed by atoms with E-state index in [2.05, 4.69) is 0 Å². The van der Waals surface area contributed by atoms with Crippen LogP contribution in [0.15, 0.2) is 0 Å². The number of ether oxygens (including phenoxy) is 1. The maximum absolute atomic E-state index is 12.2. The van der Waals surface area contributed by atoms with Crippen molar-refractivity contribution in [2.45, 2.75) is 69.9 Å². The molecular weight excluding hydrogens is 252 g/mol. The van der Waals surface area contributed by atoms with Crippen molar-refractivity contribution in [3.8, 4) is 0 Å². The fourth-order valence-electron chi connectivity index (χ4n) is 3.35. The van der Waals surface area contributed by atoms with Crippen molar-refractivity contribution in [2.24, 2.45) is 11.7 Å². The Morgan fingerprint density at radius 2 is 1.95 bits per heavy atom. The van der Waals surface area contributed by atoms with E-state index in [0.29, 0.717) is 18.4 Å². The predicted octanol–water partition coefficient (Wildman–Crippen LogP) is 2.31. The maximum atomic E-state index is 12.2. The summed E-state index contributed by atoms with van der Waals surface area (Å²) >= 11 is 0. The van der Waals surface area contributed by atoms with Gasteiger partial charge in [-0.25, -0.2) is 0 Å². The fourth-order valence-corrected chi connectivity index (χ4v) is 3.35. The molecule has 2 aliphatic rings. The number of carbonyl (C=O) groups is 1. The Labute approximate surface area is 123 Å². The number of nitrogens with zero attached hydrogens (tertiary/aromatic N) is 1. The van der Waals surface area contributed by atoms with Gasteiger partial charge in [-0.2, -0.15) is 0 Å². The summed E-state index contributed by atoms with van der Waals surface area (Å²) in [4.78, 5) is 14.0. The van der Waals surface area contributed by atoms with Crippen molar-refractivity contribution in [1.82, 2.24) is 4.90 Å². The van der Waals surface area contributed by atoms with E-state index in [1.165, 1.54) is 19.3 Å². The predicted molar refractivity (Wildman–Crippen MR) is 80.4 cm³/mol. The van der Waals surface area contributed by atoms with E-state index < -0.39 is 0 Å². The third-order valence-corrected chi connectivity index (χ3v) is 4.84. The maximum Gasteiger partial charge on any atom is 0.222 e. The van der Waals surface area contributed by atoms with Crippen molar-refractivity contribution in [3.63, 3.8) is 0 Å². The van der Waals surface area contributed by atoms with Crippen molar-refractivity contribution in [3.05, 3.63) is 0 Å². The number of amides is 1. The molecule has 1 heterocycles. The molecule has 0 bridgehead atoms. The van der Waals surface area contributed by atoms with Gasteiger partial charge in [0, 0.05) is 32.7 Å². The van der Waals surface area contributed by atoms with Gasteiger partial charge in [0.15, 0.2) is 0 Å². The Hall–Kier alpha value is -0.610. The summed E-state index contributed by atoms with van der Waals surface area (Å²) in [5.41, 5.74) is 5.92. The molecule has 2 N–H and O–H groups in total. The molecule has 4 nitrogen and oxygen atoms in total. The van der Waals surface area contributed by atoms with Crippen molar-refractivity contribution in [1.29, 1.82) is 0 Å². The van der Waals surface area contributed by atoms with Gasteiger partial charge in [0.1, 0.15) is 0 Å². The van der Waals surface area contributed by atoms with Crippen LogP contribution in [0.2, 0.25) is 0 Å². The van der Waals surface area contributed by atoms with Crippen LogP contribution in [0.1, 0.15) is 57.8 Å². The Kier molecular flexibility index (Phi) is 6.30. The Morgan fingerprint density at radius 1 is 1.20 bits per heavy atom. The van der Waals surface area contributed by atoms with Crippen LogP contribution in [0.4, 0.5) is 0 Å².